The van der Waals surface area contributed by atoms with E-state index in [1.165, 1.54) is 4.90 Å². The zero-order chi connectivity index (χ0) is 8.27. The van der Waals surface area contributed by atoms with Gasteiger partial charge in [0.1, 0.15) is 0 Å². The summed E-state index contributed by atoms with van der Waals surface area (Å²) in [6.07, 6.45) is 3.33. The monoisotopic (exact) mass is 175 g/mol. The number of carbonyl (C=O) groups is 1. The van der Waals surface area contributed by atoms with E-state index in [1.54, 1.807) is 0 Å². The van der Waals surface area contributed by atoms with Crippen LogP contribution < -0.4 is 0 Å². The van der Waals surface area contributed by atoms with Crippen LogP contribution in [0.5, 0.6) is 0 Å². The topological polar surface area (TPSA) is 40.5 Å². The minimum absolute atomic E-state index is 0.672. The number of piperidine rings is 1. The lowest BCUT2D eigenvalue weighted by Crippen LogP contribution is -2.38. The van der Waals surface area contributed by atoms with Crippen molar-refractivity contribution in [1.82, 2.24) is 4.90 Å². The Hall–Kier alpha value is -0.380. The van der Waals surface area contributed by atoms with Crippen molar-refractivity contribution in [2.75, 3.05) is 19.3 Å². The molecule has 1 fully saturated rings. The van der Waals surface area contributed by atoms with Crippen molar-refractivity contribution in [1.29, 1.82) is 0 Å². The highest BCUT2D eigenvalue weighted by molar-refractivity contribution is 7.99. The zero-order valence-corrected chi connectivity index (χ0v) is 7.43. The molecule has 0 unspecified atom stereocenters. The van der Waals surface area contributed by atoms with E-state index < -0.39 is 6.09 Å². The smallest absolute Gasteiger partial charge is 0.407 e. The summed E-state index contributed by atoms with van der Waals surface area (Å²) in [4.78, 5) is 12.0. The zero-order valence-electron chi connectivity index (χ0n) is 6.62. The molecule has 0 aromatic rings. The average molecular weight is 175 g/mol. The van der Waals surface area contributed by atoms with Gasteiger partial charge in [-0.15, -0.1) is 0 Å². The van der Waals surface area contributed by atoms with Crippen molar-refractivity contribution in [3.8, 4) is 0 Å². The summed E-state index contributed by atoms with van der Waals surface area (Å²) in [5, 5.41) is 9.29. The summed E-state index contributed by atoms with van der Waals surface area (Å²) in [5.74, 6) is 0. The molecule has 3 nitrogen and oxygen atoms in total. The predicted octanol–water partition coefficient (Wildman–Crippen LogP) is 1.49. The second-order valence-corrected chi connectivity index (χ2v) is 3.84. The van der Waals surface area contributed by atoms with E-state index in [-0.39, 0.29) is 0 Å². The lowest BCUT2D eigenvalue weighted by atomic mass is 10.1. The number of hydrogen-bond donors (Lipinski definition) is 1. The molecule has 0 aromatic heterocycles. The maximum Gasteiger partial charge on any atom is 0.407 e. The molecular weight excluding hydrogens is 162 g/mol. The normalized spacial score (nSPS) is 20.3. The van der Waals surface area contributed by atoms with E-state index in [9.17, 15) is 4.79 Å². The summed E-state index contributed by atoms with van der Waals surface area (Å²) in [6.45, 7) is 1.42. The molecule has 1 aliphatic rings. The number of carboxylic acid groups (broad SMARTS) is 1. The number of rotatable bonds is 1. The van der Waals surface area contributed by atoms with Gasteiger partial charge in [0, 0.05) is 18.3 Å². The van der Waals surface area contributed by atoms with Gasteiger partial charge in [0.25, 0.3) is 0 Å². The Morgan fingerprint density at radius 1 is 1.55 bits per heavy atom. The van der Waals surface area contributed by atoms with Crippen LogP contribution in [-0.2, 0) is 0 Å². The molecule has 1 amide bonds. The second-order valence-electron chi connectivity index (χ2n) is 2.70. The van der Waals surface area contributed by atoms with E-state index in [2.05, 4.69) is 6.26 Å². The van der Waals surface area contributed by atoms with Crippen LogP contribution in [0.3, 0.4) is 0 Å². The summed E-state index contributed by atoms with van der Waals surface area (Å²) in [6, 6.07) is 0. The third-order valence-corrected chi connectivity index (χ3v) is 3.18. The van der Waals surface area contributed by atoms with Crippen molar-refractivity contribution < 1.29 is 9.90 Å². The Labute approximate surface area is 70.8 Å². The van der Waals surface area contributed by atoms with Gasteiger partial charge in [0.15, 0.2) is 0 Å². The molecule has 0 aliphatic carbocycles. The average Bonchev–Trinajstić information content (AvgIpc) is 2.05. The van der Waals surface area contributed by atoms with Gasteiger partial charge < -0.3 is 10.0 Å². The van der Waals surface area contributed by atoms with Crippen molar-refractivity contribution in [3.63, 3.8) is 0 Å². The molecule has 1 aliphatic heterocycles. The molecule has 1 rings (SSSR count). The van der Waals surface area contributed by atoms with E-state index in [0.717, 1.165) is 12.8 Å². The fraction of sp³-hybridized carbons (Fsp3) is 0.857. The minimum Gasteiger partial charge on any atom is -0.465 e. The molecule has 1 saturated heterocycles. The van der Waals surface area contributed by atoms with Gasteiger partial charge >= 0.3 is 6.09 Å². The predicted molar refractivity (Wildman–Crippen MR) is 46.1 cm³/mol. The van der Waals surface area contributed by atoms with E-state index >= 15 is 0 Å². The van der Waals surface area contributed by atoms with Crippen LogP contribution in [0.25, 0.3) is 0 Å². The highest BCUT2D eigenvalue weighted by Crippen LogP contribution is 2.20. The molecule has 11 heavy (non-hydrogen) atoms. The molecule has 0 radical (unpaired) electrons. The maximum atomic E-state index is 10.5. The van der Waals surface area contributed by atoms with Crippen molar-refractivity contribution >= 4 is 17.9 Å². The standard InChI is InChI=1S/C7H13NO2S/c1-11-6-2-4-8(5-3-6)7(9)10/h6H,2-5H2,1H3,(H,9,10). The van der Waals surface area contributed by atoms with Crippen molar-refractivity contribution in [2.24, 2.45) is 0 Å². The first-order chi connectivity index (χ1) is 5.24. The second kappa shape index (κ2) is 3.85. The Morgan fingerprint density at radius 2 is 2.09 bits per heavy atom. The Kier molecular flexibility index (Phi) is 3.05. The maximum absolute atomic E-state index is 10.5. The van der Waals surface area contributed by atoms with Gasteiger partial charge in [-0.2, -0.15) is 11.8 Å². The van der Waals surface area contributed by atoms with E-state index in [1.807, 2.05) is 11.8 Å². The molecular formula is C7H13NO2S. The summed E-state index contributed by atoms with van der Waals surface area (Å²) in [5.41, 5.74) is 0. The molecule has 1 heterocycles. The lowest BCUT2D eigenvalue weighted by Gasteiger charge is -2.28. The van der Waals surface area contributed by atoms with Crippen LogP contribution in [-0.4, -0.2) is 40.7 Å². The van der Waals surface area contributed by atoms with Crippen molar-refractivity contribution in [3.05, 3.63) is 0 Å². The number of nitrogens with zero attached hydrogens (tertiary/aromatic N) is 1. The van der Waals surface area contributed by atoms with Crippen LogP contribution in [0.2, 0.25) is 0 Å². The Balaban J connectivity index is 2.30. The van der Waals surface area contributed by atoms with Gasteiger partial charge in [-0.25, -0.2) is 4.79 Å². The van der Waals surface area contributed by atoms with Crippen LogP contribution in [0.1, 0.15) is 12.8 Å². The molecule has 0 saturated carbocycles. The quantitative estimate of drug-likeness (QED) is 0.656. The number of thioether (sulfide) groups is 1. The number of likely N-dealkylation sites (tertiary alicyclic amines) is 1. The molecule has 0 spiro atoms. The third-order valence-electron chi connectivity index (χ3n) is 2.05. The van der Waals surface area contributed by atoms with Crippen LogP contribution in [0.4, 0.5) is 4.79 Å². The van der Waals surface area contributed by atoms with Gasteiger partial charge in [-0.05, 0) is 19.1 Å². The highest BCUT2D eigenvalue weighted by atomic mass is 32.2. The van der Waals surface area contributed by atoms with Crippen molar-refractivity contribution in [2.45, 2.75) is 18.1 Å². The van der Waals surface area contributed by atoms with Gasteiger partial charge in [0.2, 0.25) is 0 Å². The van der Waals surface area contributed by atoms with E-state index in [0.29, 0.717) is 18.3 Å². The largest absolute Gasteiger partial charge is 0.465 e. The first-order valence-corrected chi connectivity index (χ1v) is 5.03. The van der Waals surface area contributed by atoms with Crippen LogP contribution in [0.15, 0.2) is 0 Å². The lowest BCUT2D eigenvalue weighted by molar-refractivity contribution is 0.137. The van der Waals surface area contributed by atoms with Crippen LogP contribution in [0, 0.1) is 0 Å². The van der Waals surface area contributed by atoms with Gasteiger partial charge in [-0.1, -0.05) is 0 Å². The molecule has 4 heteroatoms. The number of amides is 1. The first kappa shape index (κ1) is 8.71. The molecule has 1 N–H and O–H groups in total. The van der Waals surface area contributed by atoms with E-state index in [4.69, 9.17) is 5.11 Å². The number of hydrogen-bond acceptors (Lipinski definition) is 2. The van der Waals surface area contributed by atoms with Crippen LogP contribution >= 0.6 is 11.8 Å². The Morgan fingerprint density at radius 3 is 2.45 bits per heavy atom. The Bertz CT molecular complexity index is 143. The summed E-state index contributed by atoms with van der Waals surface area (Å²) >= 11 is 1.84. The third kappa shape index (κ3) is 2.29. The fourth-order valence-electron chi connectivity index (χ4n) is 1.28. The van der Waals surface area contributed by atoms with Gasteiger partial charge in [-0.3, -0.25) is 0 Å². The summed E-state index contributed by atoms with van der Waals surface area (Å²) in [7, 11) is 0. The fourth-order valence-corrected chi connectivity index (χ4v) is 1.97. The molecule has 0 atom stereocenters. The van der Waals surface area contributed by atoms with Gasteiger partial charge in [0.05, 0.1) is 0 Å². The minimum atomic E-state index is -0.774. The SMILES string of the molecule is CSC1CCN(C(=O)O)CC1. The highest BCUT2D eigenvalue weighted by Gasteiger charge is 2.20. The molecule has 0 bridgehead atoms. The molecule has 64 valence electrons. The molecule has 0 aromatic carbocycles. The first-order valence-electron chi connectivity index (χ1n) is 3.74. The summed E-state index contributed by atoms with van der Waals surface area (Å²) < 4.78 is 0.